The molecule has 123 valence electrons. The van der Waals surface area contributed by atoms with E-state index in [1.807, 2.05) is 54.6 Å². The average molecular weight is 327 g/mol. The Balaban J connectivity index is 2.01. The zero-order valence-electron chi connectivity index (χ0n) is 13.8. The minimum Gasteiger partial charge on any atom is -0.271 e. The summed E-state index contributed by atoms with van der Waals surface area (Å²) in [6.45, 7) is 0.598. The Morgan fingerprint density at radius 2 is 1.12 bits per heavy atom. The molecule has 1 heterocycles. The van der Waals surface area contributed by atoms with Gasteiger partial charge in [0.15, 0.2) is 0 Å². The first kappa shape index (κ1) is 15.6. The van der Waals surface area contributed by atoms with Crippen molar-refractivity contribution in [3.05, 3.63) is 108 Å². The largest absolute Gasteiger partial charge is 0.271 e. The van der Waals surface area contributed by atoms with Crippen LogP contribution in [0.25, 0.3) is 0 Å². The first-order valence-corrected chi connectivity index (χ1v) is 8.43. The molecule has 0 aliphatic carbocycles. The predicted molar refractivity (Wildman–Crippen MR) is 97.8 cm³/mol. The minimum atomic E-state index is -0.564. The number of nitrogens with zero attached hydrogens (tertiary/aromatic N) is 1. The molecule has 2 unspecified atom stereocenters. The van der Waals surface area contributed by atoms with Gasteiger partial charge in [-0.2, -0.15) is 0 Å². The maximum absolute atomic E-state index is 11.8. The van der Waals surface area contributed by atoms with E-state index in [1.54, 1.807) is 0 Å². The van der Waals surface area contributed by atoms with Crippen molar-refractivity contribution in [1.29, 1.82) is 0 Å². The Morgan fingerprint density at radius 3 is 1.40 bits per heavy atom. The number of benzene rings is 3. The monoisotopic (exact) mass is 327 g/mol. The van der Waals surface area contributed by atoms with Gasteiger partial charge in [-0.3, -0.25) is 15.4 Å². The second-order valence-corrected chi connectivity index (χ2v) is 6.34. The molecule has 4 rings (SSSR count). The fraction of sp³-hybridized carbons (Fsp3) is 0.136. The molecule has 3 heteroatoms. The molecular formula is C22H19N2O. The third-order valence-electron chi connectivity index (χ3n) is 4.92. The summed E-state index contributed by atoms with van der Waals surface area (Å²) in [5.74, 6) is -0.521. The molecule has 2 atom stereocenters. The number of hydrogen-bond acceptors (Lipinski definition) is 2. The Kier molecular flexibility index (Phi) is 3.86. The molecule has 0 spiro atoms. The van der Waals surface area contributed by atoms with Crippen LogP contribution in [-0.2, 0) is 10.3 Å². The second-order valence-electron chi connectivity index (χ2n) is 6.34. The molecule has 1 radical (unpaired) electrons. The van der Waals surface area contributed by atoms with E-state index >= 15 is 0 Å². The Morgan fingerprint density at radius 1 is 0.760 bits per heavy atom. The highest BCUT2D eigenvalue weighted by molar-refractivity contribution is 5.83. The molecule has 1 aliphatic heterocycles. The number of carbonyl (C=O) groups excluding carboxylic acids is 1. The summed E-state index contributed by atoms with van der Waals surface area (Å²) in [4.78, 5) is 13.9. The molecule has 1 saturated heterocycles. The van der Waals surface area contributed by atoms with Gasteiger partial charge in [0.25, 0.3) is 5.91 Å². The maximum Gasteiger partial charge on any atom is 0.257 e. The van der Waals surface area contributed by atoms with Crippen LogP contribution < -0.4 is 5.73 Å². The summed E-state index contributed by atoms with van der Waals surface area (Å²) in [5, 5.41) is 0. The van der Waals surface area contributed by atoms with E-state index < -0.39 is 11.4 Å². The third kappa shape index (κ3) is 2.53. The van der Waals surface area contributed by atoms with Gasteiger partial charge >= 0.3 is 0 Å². The van der Waals surface area contributed by atoms with Gasteiger partial charge in [-0.1, -0.05) is 91.0 Å². The van der Waals surface area contributed by atoms with E-state index in [0.29, 0.717) is 6.54 Å². The molecule has 0 saturated carbocycles. The van der Waals surface area contributed by atoms with Gasteiger partial charge in [0.2, 0.25) is 0 Å². The third-order valence-corrected chi connectivity index (χ3v) is 4.92. The molecule has 0 bridgehead atoms. The highest BCUT2D eigenvalue weighted by atomic mass is 16.1. The number of rotatable bonds is 5. The summed E-state index contributed by atoms with van der Waals surface area (Å²) in [6, 6.07) is 30.4. The van der Waals surface area contributed by atoms with Crippen LogP contribution in [0, 0.1) is 0 Å². The fourth-order valence-electron chi connectivity index (χ4n) is 3.77. The molecule has 3 aromatic carbocycles. The van der Waals surface area contributed by atoms with Crippen molar-refractivity contribution in [2.24, 2.45) is 0 Å². The highest BCUT2D eigenvalue weighted by Crippen LogP contribution is 2.48. The maximum atomic E-state index is 11.8. The Labute approximate surface area is 147 Å². The number of nitrogens with one attached hydrogen (secondary N) is 1. The van der Waals surface area contributed by atoms with E-state index in [4.69, 9.17) is 5.73 Å². The zero-order chi connectivity index (χ0) is 17.3. The van der Waals surface area contributed by atoms with E-state index in [-0.39, 0.29) is 6.04 Å². The smallest absolute Gasteiger partial charge is 0.257 e. The quantitative estimate of drug-likeness (QED) is 0.532. The topological polar surface area (TPSA) is 43.9 Å². The van der Waals surface area contributed by atoms with Crippen LogP contribution in [0.15, 0.2) is 91.0 Å². The molecule has 3 aromatic rings. The molecule has 1 fully saturated rings. The molecular weight excluding hydrogens is 308 g/mol. The number of carbonyl (C=O) groups is 1. The zero-order valence-corrected chi connectivity index (χ0v) is 13.8. The van der Waals surface area contributed by atoms with Crippen LogP contribution in [0.1, 0.15) is 16.7 Å². The first-order chi connectivity index (χ1) is 12.2. The van der Waals surface area contributed by atoms with E-state index in [2.05, 4.69) is 41.3 Å². The van der Waals surface area contributed by atoms with Crippen LogP contribution in [0.4, 0.5) is 0 Å². The van der Waals surface area contributed by atoms with Crippen molar-refractivity contribution in [2.45, 2.75) is 11.6 Å². The molecule has 25 heavy (non-hydrogen) atoms. The van der Waals surface area contributed by atoms with Gasteiger partial charge in [-0.05, 0) is 16.7 Å². The average Bonchev–Trinajstić information content (AvgIpc) is 3.47. The standard InChI is InChI=1S/C22H19N2O/c23-21(25)20-16-24(20)22(17-10-4-1-5-11-17,18-12-6-2-7-13-18)19-14-8-3-9-15-19/h1-15,20,23H,16H2. The van der Waals surface area contributed by atoms with Gasteiger partial charge in [0.05, 0.1) is 5.54 Å². The lowest BCUT2D eigenvalue weighted by Gasteiger charge is -2.38. The molecule has 1 amide bonds. The SMILES string of the molecule is [NH]C(=O)C1CN1C(c1ccccc1)(c1ccccc1)c1ccccc1. The van der Waals surface area contributed by atoms with Crippen LogP contribution in [-0.4, -0.2) is 23.4 Å². The van der Waals surface area contributed by atoms with Gasteiger partial charge in [-0.15, -0.1) is 0 Å². The number of hydrogen-bond donors (Lipinski definition) is 0. The van der Waals surface area contributed by atoms with Crippen molar-refractivity contribution >= 4 is 5.91 Å². The van der Waals surface area contributed by atoms with E-state index in [0.717, 1.165) is 16.7 Å². The van der Waals surface area contributed by atoms with Crippen molar-refractivity contribution in [3.8, 4) is 0 Å². The fourth-order valence-corrected chi connectivity index (χ4v) is 3.77. The summed E-state index contributed by atoms with van der Waals surface area (Å²) in [7, 11) is 0. The molecule has 1 N–H and O–H groups in total. The van der Waals surface area contributed by atoms with Crippen LogP contribution in [0.5, 0.6) is 0 Å². The highest BCUT2D eigenvalue weighted by Gasteiger charge is 2.55. The summed E-state index contributed by atoms with van der Waals surface area (Å²) >= 11 is 0. The molecule has 1 aliphatic rings. The summed E-state index contributed by atoms with van der Waals surface area (Å²) < 4.78 is 0. The van der Waals surface area contributed by atoms with Gasteiger partial charge in [0.1, 0.15) is 6.04 Å². The lowest BCUT2D eigenvalue weighted by molar-refractivity contribution is -0.119. The van der Waals surface area contributed by atoms with E-state index in [1.165, 1.54) is 0 Å². The Bertz CT molecular complexity index is 766. The second kappa shape index (κ2) is 6.19. The normalized spacial score (nSPS) is 19.4. The van der Waals surface area contributed by atoms with Crippen molar-refractivity contribution < 1.29 is 4.79 Å². The first-order valence-electron chi connectivity index (χ1n) is 8.43. The van der Waals surface area contributed by atoms with Gasteiger partial charge in [0, 0.05) is 6.54 Å². The lowest BCUT2D eigenvalue weighted by atomic mass is 9.76. The van der Waals surface area contributed by atoms with Crippen LogP contribution in [0.3, 0.4) is 0 Å². The molecule has 3 nitrogen and oxygen atoms in total. The van der Waals surface area contributed by atoms with Gasteiger partial charge in [-0.25, -0.2) is 0 Å². The van der Waals surface area contributed by atoms with Crippen molar-refractivity contribution in [2.75, 3.05) is 6.54 Å². The van der Waals surface area contributed by atoms with Crippen molar-refractivity contribution in [1.82, 2.24) is 10.6 Å². The summed E-state index contributed by atoms with van der Waals surface area (Å²) in [5.41, 5.74) is 10.4. The van der Waals surface area contributed by atoms with Gasteiger partial charge < -0.3 is 0 Å². The van der Waals surface area contributed by atoms with Crippen molar-refractivity contribution in [3.63, 3.8) is 0 Å². The van der Waals surface area contributed by atoms with Crippen LogP contribution >= 0.6 is 0 Å². The van der Waals surface area contributed by atoms with Crippen LogP contribution in [0.2, 0.25) is 0 Å². The lowest BCUT2D eigenvalue weighted by Crippen LogP contribution is -2.40. The minimum absolute atomic E-state index is 0.361. The predicted octanol–water partition coefficient (Wildman–Crippen LogP) is 3.47. The van der Waals surface area contributed by atoms with E-state index in [9.17, 15) is 4.79 Å². The molecule has 0 aromatic heterocycles. The Hall–Kier alpha value is -2.91. The summed E-state index contributed by atoms with van der Waals surface area (Å²) in [6.07, 6.45) is 0. The number of amides is 1.